The minimum Gasteiger partial charge on any atom is -0.497 e. The van der Waals surface area contributed by atoms with E-state index >= 15 is 0 Å². The Balaban J connectivity index is 1.65. The Morgan fingerprint density at radius 3 is 2.33 bits per heavy atom. The molecule has 0 bridgehead atoms. The minimum absolute atomic E-state index is 0.495. The number of aryl methyl sites for hydroxylation is 1. The summed E-state index contributed by atoms with van der Waals surface area (Å²) in [5.41, 5.74) is 4.69. The molecule has 4 nitrogen and oxygen atoms in total. The van der Waals surface area contributed by atoms with Gasteiger partial charge >= 0.3 is 0 Å². The molecule has 0 aromatic heterocycles. The summed E-state index contributed by atoms with van der Waals surface area (Å²) in [6.07, 6.45) is 0. The third-order valence-electron chi connectivity index (χ3n) is 4.65. The van der Waals surface area contributed by atoms with E-state index in [4.69, 9.17) is 14.2 Å². The smallest absolute Gasteiger partial charge is 0.175 e. The van der Waals surface area contributed by atoms with Crippen LogP contribution in [0.1, 0.15) is 29.2 Å². The summed E-state index contributed by atoms with van der Waals surface area (Å²) in [6, 6.07) is 20.5. The highest BCUT2D eigenvalue weighted by Crippen LogP contribution is 2.37. The van der Waals surface area contributed by atoms with Gasteiger partial charge in [-0.1, -0.05) is 42.0 Å². The average Bonchev–Trinajstić information content (AvgIpc) is 2.74. The molecule has 3 rings (SSSR count). The lowest BCUT2D eigenvalue weighted by atomic mass is 10.1. The molecule has 0 amide bonds. The van der Waals surface area contributed by atoms with Crippen molar-refractivity contribution in [3.8, 4) is 17.2 Å². The molecule has 0 saturated carbocycles. The van der Waals surface area contributed by atoms with E-state index < -0.39 is 0 Å². The van der Waals surface area contributed by atoms with Crippen LogP contribution in [-0.2, 0) is 19.7 Å². The molecule has 0 aliphatic rings. The van der Waals surface area contributed by atoms with Crippen molar-refractivity contribution in [1.82, 2.24) is 5.32 Å². The van der Waals surface area contributed by atoms with Crippen molar-refractivity contribution in [2.75, 3.05) is 13.7 Å². The van der Waals surface area contributed by atoms with E-state index in [1.165, 1.54) is 11.1 Å². The summed E-state index contributed by atoms with van der Waals surface area (Å²) in [6.45, 7) is 6.64. The maximum atomic E-state index is 6.11. The van der Waals surface area contributed by atoms with Crippen molar-refractivity contribution in [2.45, 2.75) is 33.5 Å². The van der Waals surface area contributed by atoms with E-state index in [-0.39, 0.29) is 0 Å². The molecule has 0 aliphatic carbocycles. The fraction of sp³-hybridized carbons (Fsp3) is 0.280. The van der Waals surface area contributed by atoms with Gasteiger partial charge in [0.15, 0.2) is 11.5 Å². The van der Waals surface area contributed by atoms with Gasteiger partial charge in [0.25, 0.3) is 0 Å². The topological polar surface area (TPSA) is 39.7 Å². The Morgan fingerprint density at radius 1 is 0.867 bits per heavy atom. The van der Waals surface area contributed by atoms with Crippen LogP contribution in [-0.4, -0.2) is 13.7 Å². The Labute approximate surface area is 187 Å². The molecule has 158 valence electrons. The predicted molar refractivity (Wildman–Crippen MR) is 124 cm³/mol. The van der Waals surface area contributed by atoms with E-state index in [0.717, 1.165) is 45.9 Å². The van der Waals surface area contributed by atoms with Crippen LogP contribution in [0.4, 0.5) is 0 Å². The summed E-state index contributed by atoms with van der Waals surface area (Å²) in [5.74, 6) is 2.35. The fourth-order valence-electron chi connectivity index (χ4n) is 3.18. The first-order valence-corrected chi connectivity index (χ1v) is 10.9. The summed E-state index contributed by atoms with van der Waals surface area (Å²) in [4.78, 5) is 0. The van der Waals surface area contributed by atoms with Gasteiger partial charge in [-0.05, 0) is 70.7 Å². The zero-order valence-corrected chi connectivity index (χ0v) is 19.3. The molecule has 5 heteroatoms. The molecular formula is C25H28BrNO3. The molecule has 0 heterocycles. The number of rotatable bonds is 10. The van der Waals surface area contributed by atoms with Crippen LogP contribution < -0.4 is 19.5 Å². The maximum Gasteiger partial charge on any atom is 0.175 e. The van der Waals surface area contributed by atoms with Gasteiger partial charge in [0.1, 0.15) is 12.4 Å². The van der Waals surface area contributed by atoms with Gasteiger partial charge in [-0.25, -0.2) is 0 Å². The van der Waals surface area contributed by atoms with Crippen LogP contribution in [0.15, 0.2) is 65.1 Å². The average molecular weight is 470 g/mol. The zero-order chi connectivity index (χ0) is 21.3. The number of ether oxygens (including phenoxy) is 3. The van der Waals surface area contributed by atoms with Crippen LogP contribution in [0, 0.1) is 6.92 Å². The largest absolute Gasteiger partial charge is 0.497 e. The number of methoxy groups -OCH3 is 1. The Hall–Kier alpha value is -2.50. The van der Waals surface area contributed by atoms with E-state index in [1.807, 2.05) is 31.2 Å². The number of benzene rings is 3. The van der Waals surface area contributed by atoms with E-state index in [2.05, 4.69) is 64.6 Å². The molecule has 0 unspecified atom stereocenters. The molecule has 30 heavy (non-hydrogen) atoms. The second kappa shape index (κ2) is 11.0. The van der Waals surface area contributed by atoms with Crippen LogP contribution in [0.25, 0.3) is 0 Å². The lowest BCUT2D eigenvalue weighted by Gasteiger charge is -2.16. The van der Waals surface area contributed by atoms with Gasteiger partial charge in [0.05, 0.1) is 18.2 Å². The Bertz CT molecular complexity index is 957. The summed E-state index contributed by atoms with van der Waals surface area (Å²) in [7, 11) is 1.68. The number of halogens is 1. The molecule has 0 spiro atoms. The maximum absolute atomic E-state index is 6.11. The second-order valence-electron chi connectivity index (χ2n) is 7.07. The highest BCUT2D eigenvalue weighted by atomic mass is 79.9. The van der Waals surface area contributed by atoms with Crippen molar-refractivity contribution in [3.63, 3.8) is 0 Å². The molecule has 0 radical (unpaired) electrons. The van der Waals surface area contributed by atoms with Crippen molar-refractivity contribution < 1.29 is 14.2 Å². The lowest BCUT2D eigenvalue weighted by molar-refractivity contribution is 0.267. The van der Waals surface area contributed by atoms with Crippen LogP contribution in [0.5, 0.6) is 17.2 Å². The molecular weight excluding hydrogens is 442 g/mol. The molecule has 3 aromatic rings. The Morgan fingerprint density at radius 2 is 1.63 bits per heavy atom. The van der Waals surface area contributed by atoms with Crippen LogP contribution in [0.3, 0.4) is 0 Å². The molecule has 3 aromatic carbocycles. The fourth-order valence-corrected chi connectivity index (χ4v) is 3.78. The molecule has 0 aliphatic heterocycles. The summed E-state index contributed by atoms with van der Waals surface area (Å²) >= 11 is 3.66. The molecule has 0 fully saturated rings. The van der Waals surface area contributed by atoms with E-state index in [1.54, 1.807) is 7.11 Å². The third kappa shape index (κ3) is 6.25. The SMILES string of the molecule is CCOc1cc(CNCc2ccc(OC)cc2)cc(Br)c1OCc1cccc(C)c1. The lowest BCUT2D eigenvalue weighted by Crippen LogP contribution is -2.13. The zero-order valence-electron chi connectivity index (χ0n) is 17.7. The first kappa shape index (κ1) is 22.2. The Kier molecular flexibility index (Phi) is 8.17. The standard InChI is InChI=1S/C25H28BrNO3/c1-4-29-24-14-21(16-27-15-19-8-10-22(28-3)11-9-19)13-23(26)25(24)30-17-20-7-5-6-18(2)12-20/h5-14,27H,4,15-17H2,1-3H3. The quantitative estimate of drug-likeness (QED) is 0.393. The van der Waals surface area contributed by atoms with Gasteiger partial charge in [-0.2, -0.15) is 0 Å². The van der Waals surface area contributed by atoms with Gasteiger partial charge in [-0.3, -0.25) is 0 Å². The van der Waals surface area contributed by atoms with Gasteiger partial charge in [0, 0.05) is 13.1 Å². The van der Waals surface area contributed by atoms with Gasteiger partial charge < -0.3 is 19.5 Å². The second-order valence-corrected chi connectivity index (χ2v) is 7.92. The number of hydrogen-bond donors (Lipinski definition) is 1. The van der Waals surface area contributed by atoms with Crippen molar-refractivity contribution in [2.24, 2.45) is 0 Å². The summed E-state index contributed by atoms with van der Waals surface area (Å²) < 4.78 is 18.1. The van der Waals surface area contributed by atoms with Crippen molar-refractivity contribution >= 4 is 15.9 Å². The number of hydrogen-bond acceptors (Lipinski definition) is 4. The normalized spacial score (nSPS) is 10.7. The monoisotopic (exact) mass is 469 g/mol. The van der Waals surface area contributed by atoms with Crippen LogP contribution in [0.2, 0.25) is 0 Å². The van der Waals surface area contributed by atoms with Gasteiger partial charge in [0.2, 0.25) is 0 Å². The summed E-state index contributed by atoms with van der Waals surface area (Å²) in [5, 5.41) is 3.48. The van der Waals surface area contributed by atoms with Crippen molar-refractivity contribution in [1.29, 1.82) is 0 Å². The molecule has 0 saturated heterocycles. The van der Waals surface area contributed by atoms with E-state index in [9.17, 15) is 0 Å². The molecule has 0 atom stereocenters. The van der Waals surface area contributed by atoms with Gasteiger partial charge in [-0.15, -0.1) is 0 Å². The van der Waals surface area contributed by atoms with Crippen LogP contribution >= 0.6 is 15.9 Å². The van der Waals surface area contributed by atoms with Crippen molar-refractivity contribution in [3.05, 3.63) is 87.4 Å². The third-order valence-corrected chi connectivity index (χ3v) is 5.24. The predicted octanol–water partition coefficient (Wildman–Crippen LogP) is 6.03. The molecule has 1 N–H and O–H groups in total. The highest BCUT2D eigenvalue weighted by Gasteiger charge is 2.13. The first-order chi connectivity index (χ1) is 14.6. The number of nitrogens with one attached hydrogen (secondary N) is 1. The van der Waals surface area contributed by atoms with E-state index in [0.29, 0.717) is 13.2 Å². The minimum atomic E-state index is 0.495. The highest BCUT2D eigenvalue weighted by molar-refractivity contribution is 9.10. The first-order valence-electron chi connectivity index (χ1n) is 10.1.